The van der Waals surface area contributed by atoms with Gasteiger partial charge < -0.3 is 19.3 Å². The number of hydrogen-bond donors (Lipinski definition) is 1. The number of aryl methyl sites for hydroxylation is 1. The zero-order valence-electron chi connectivity index (χ0n) is 21.7. The summed E-state index contributed by atoms with van der Waals surface area (Å²) in [5, 5.41) is 12.0. The molecule has 1 N–H and O–H groups in total. The molecule has 0 saturated heterocycles. The van der Waals surface area contributed by atoms with Crippen molar-refractivity contribution in [3.8, 4) is 11.1 Å². The van der Waals surface area contributed by atoms with Gasteiger partial charge in [0.05, 0.1) is 22.8 Å². The van der Waals surface area contributed by atoms with E-state index in [4.69, 9.17) is 16.3 Å². The van der Waals surface area contributed by atoms with Crippen LogP contribution in [0.25, 0.3) is 22.0 Å². The topological polar surface area (TPSA) is 71.8 Å². The molecule has 1 fully saturated rings. The minimum atomic E-state index is -1.21. The van der Waals surface area contributed by atoms with E-state index in [0.717, 1.165) is 51.8 Å². The van der Waals surface area contributed by atoms with Crippen LogP contribution in [0.5, 0.6) is 0 Å². The van der Waals surface area contributed by atoms with Crippen LogP contribution in [0.3, 0.4) is 0 Å². The third-order valence-corrected chi connectivity index (χ3v) is 7.46. The van der Waals surface area contributed by atoms with Crippen molar-refractivity contribution >= 4 is 40.1 Å². The first-order valence-electron chi connectivity index (χ1n) is 12.5. The molecule has 2 aromatic carbocycles. The average Bonchev–Trinajstić information content (AvgIpc) is 3.59. The van der Waals surface area contributed by atoms with Crippen molar-refractivity contribution in [3.05, 3.63) is 52.2 Å². The SMILES string of the molecule is Cc1c([C@H](OC(C)(C)C)C(=O)O)c(-c2ccc(Cl)cc2)c2cc(C)n3c2c1N(C(=O)C1CC1)[C@@H](C)C3. The van der Waals surface area contributed by atoms with Crippen LogP contribution < -0.4 is 4.90 Å². The number of ether oxygens (including phenoxy) is 1. The summed E-state index contributed by atoms with van der Waals surface area (Å²) in [4.78, 5) is 28.3. The second kappa shape index (κ2) is 8.63. The molecule has 0 bridgehead atoms. The van der Waals surface area contributed by atoms with E-state index in [2.05, 4.69) is 24.5 Å². The molecule has 0 unspecified atom stereocenters. The van der Waals surface area contributed by atoms with Crippen molar-refractivity contribution in [1.82, 2.24) is 4.57 Å². The Labute approximate surface area is 216 Å². The smallest absolute Gasteiger partial charge is 0.337 e. The van der Waals surface area contributed by atoms with Crippen molar-refractivity contribution in [3.63, 3.8) is 0 Å². The number of anilines is 1. The van der Waals surface area contributed by atoms with Gasteiger partial charge in [0.2, 0.25) is 5.91 Å². The fourth-order valence-electron chi connectivity index (χ4n) is 5.55. The third-order valence-electron chi connectivity index (χ3n) is 7.21. The molecule has 1 amide bonds. The highest BCUT2D eigenvalue weighted by Gasteiger charge is 2.42. The molecule has 1 saturated carbocycles. The molecule has 6 nitrogen and oxygen atoms in total. The highest BCUT2D eigenvalue weighted by Crippen LogP contribution is 2.49. The lowest BCUT2D eigenvalue weighted by Gasteiger charge is -2.38. The molecular formula is C29H33ClN2O4. The van der Waals surface area contributed by atoms with E-state index in [9.17, 15) is 14.7 Å². The first kappa shape index (κ1) is 24.8. The number of amides is 1. The molecule has 3 aromatic rings. The summed E-state index contributed by atoms with van der Waals surface area (Å²) in [6, 6.07) is 9.54. The minimum absolute atomic E-state index is 0.0420. The molecule has 36 heavy (non-hydrogen) atoms. The van der Waals surface area contributed by atoms with Gasteiger partial charge in [-0.15, -0.1) is 0 Å². The van der Waals surface area contributed by atoms with Gasteiger partial charge in [-0.1, -0.05) is 23.7 Å². The standard InChI is InChI=1S/C29H33ClN2O4/c1-15-13-21-23(18-9-11-20(30)12-10-18)22(26(28(34)35)36-29(4,5)6)17(3)24-25(21)31(15)14-16(2)32(24)27(33)19-7-8-19/h9-13,16,19,26H,7-8,14H2,1-6H3,(H,34,35)/t16-,26-/m0/s1. The predicted octanol–water partition coefficient (Wildman–Crippen LogP) is 6.66. The molecule has 0 radical (unpaired) electrons. The molecule has 1 aliphatic carbocycles. The summed E-state index contributed by atoms with van der Waals surface area (Å²) in [5.41, 5.74) is 5.20. The fraction of sp³-hybridized carbons (Fsp3) is 0.448. The Hall–Kier alpha value is -2.83. The molecule has 7 heteroatoms. The number of aromatic nitrogens is 1. The number of benzene rings is 2. The van der Waals surface area contributed by atoms with Gasteiger partial charge in [0.25, 0.3) is 0 Å². The Balaban J connectivity index is 1.91. The second-order valence-electron chi connectivity index (χ2n) is 11.2. The molecule has 0 spiro atoms. The summed E-state index contributed by atoms with van der Waals surface area (Å²) < 4.78 is 8.47. The van der Waals surface area contributed by atoms with Gasteiger partial charge in [0.15, 0.2) is 6.10 Å². The van der Waals surface area contributed by atoms with Gasteiger partial charge in [-0.05, 0) is 89.3 Å². The number of rotatable bonds is 5. The lowest BCUT2D eigenvalue weighted by molar-refractivity contribution is -0.160. The fourth-order valence-corrected chi connectivity index (χ4v) is 5.68. The molecule has 190 valence electrons. The Morgan fingerprint density at radius 2 is 1.78 bits per heavy atom. The normalized spacial score (nSPS) is 18.5. The van der Waals surface area contributed by atoms with Crippen LogP contribution in [0.4, 0.5) is 5.69 Å². The minimum Gasteiger partial charge on any atom is -0.479 e. The van der Waals surface area contributed by atoms with Gasteiger partial charge in [-0.3, -0.25) is 4.79 Å². The van der Waals surface area contributed by atoms with E-state index in [0.29, 0.717) is 17.1 Å². The molecule has 2 atom stereocenters. The number of carbonyl (C=O) groups excluding carboxylic acids is 1. The van der Waals surface area contributed by atoms with E-state index in [1.165, 1.54) is 0 Å². The van der Waals surface area contributed by atoms with E-state index in [-0.39, 0.29) is 17.9 Å². The van der Waals surface area contributed by atoms with Gasteiger partial charge in [-0.25, -0.2) is 4.79 Å². The average molecular weight is 509 g/mol. The Kier molecular flexibility index (Phi) is 5.96. The maximum absolute atomic E-state index is 13.6. The van der Waals surface area contributed by atoms with Crippen LogP contribution in [0.2, 0.25) is 5.02 Å². The first-order valence-corrected chi connectivity index (χ1v) is 12.9. The Bertz CT molecular complexity index is 1380. The van der Waals surface area contributed by atoms with Crippen LogP contribution in [0.15, 0.2) is 30.3 Å². The summed E-state index contributed by atoms with van der Waals surface area (Å²) >= 11 is 6.21. The molecular weight excluding hydrogens is 476 g/mol. The van der Waals surface area contributed by atoms with Gasteiger partial charge in [0.1, 0.15) is 0 Å². The van der Waals surface area contributed by atoms with Crippen LogP contribution in [-0.2, 0) is 20.9 Å². The predicted molar refractivity (Wildman–Crippen MR) is 143 cm³/mol. The maximum atomic E-state index is 13.6. The van der Waals surface area contributed by atoms with Crippen molar-refractivity contribution in [2.75, 3.05) is 4.90 Å². The molecule has 2 aliphatic rings. The van der Waals surface area contributed by atoms with Gasteiger partial charge in [-0.2, -0.15) is 0 Å². The lowest BCUT2D eigenvalue weighted by Crippen LogP contribution is -2.45. The van der Waals surface area contributed by atoms with E-state index < -0.39 is 17.7 Å². The number of carboxylic acid groups (broad SMARTS) is 1. The van der Waals surface area contributed by atoms with E-state index in [1.54, 1.807) is 0 Å². The van der Waals surface area contributed by atoms with Crippen LogP contribution in [0.1, 0.15) is 63.5 Å². The number of halogens is 1. The zero-order chi connectivity index (χ0) is 26.1. The first-order chi connectivity index (χ1) is 16.9. The number of carboxylic acids is 1. The summed E-state index contributed by atoms with van der Waals surface area (Å²) in [7, 11) is 0. The summed E-state index contributed by atoms with van der Waals surface area (Å²) in [6.07, 6.45) is 0.602. The van der Waals surface area contributed by atoms with Crippen molar-refractivity contribution in [2.45, 2.75) is 78.7 Å². The molecule has 2 heterocycles. The quantitative estimate of drug-likeness (QED) is 0.418. The number of nitrogens with zero attached hydrogens (tertiary/aromatic N) is 2. The van der Waals surface area contributed by atoms with Crippen LogP contribution in [0, 0.1) is 19.8 Å². The molecule has 1 aromatic heterocycles. The number of hydrogen-bond acceptors (Lipinski definition) is 3. The number of carbonyl (C=O) groups is 2. The van der Waals surface area contributed by atoms with E-state index in [1.807, 2.05) is 56.9 Å². The monoisotopic (exact) mass is 508 g/mol. The Morgan fingerprint density at radius 3 is 2.33 bits per heavy atom. The van der Waals surface area contributed by atoms with Crippen molar-refractivity contribution < 1.29 is 19.4 Å². The Morgan fingerprint density at radius 1 is 1.14 bits per heavy atom. The highest BCUT2D eigenvalue weighted by atomic mass is 35.5. The van der Waals surface area contributed by atoms with Crippen LogP contribution in [-0.4, -0.2) is 33.2 Å². The molecule has 5 rings (SSSR count). The van der Waals surface area contributed by atoms with Gasteiger partial charge in [0, 0.05) is 34.1 Å². The highest BCUT2D eigenvalue weighted by molar-refractivity contribution is 6.30. The third kappa shape index (κ3) is 4.10. The van der Waals surface area contributed by atoms with Gasteiger partial charge >= 0.3 is 5.97 Å². The zero-order valence-corrected chi connectivity index (χ0v) is 22.4. The van der Waals surface area contributed by atoms with Crippen molar-refractivity contribution in [2.24, 2.45) is 5.92 Å². The van der Waals surface area contributed by atoms with Crippen LogP contribution >= 0.6 is 11.6 Å². The summed E-state index contributed by atoms with van der Waals surface area (Å²) in [5.74, 6) is -0.884. The summed E-state index contributed by atoms with van der Waals surface area (Å²) in [6.45, 7) is 12.3. The van der Waals surface area contributed by atoms with E-state index >= 15 is 0 Å². The largest absolute Gasteiger partial charge is 0.479 e. The maximum Gasteiger partial charge on any atom is 0.337 e. The van der Waals surface area contributed by atoms with Crippen molar-refractivity contribution in [1.29, 1.82) is 0 Å². The number of aliphatic carboxylic acids is 1. The lowest BCUT2D eigenvalue weighted by atomic mass is 9.86. The molecule has 1 aliphatic heterocycles. The second-order valence-corrected chi connectivity index (χ2v) is 11.6.